The number of carbonyl (C=O) groups excluding carboxylic acids is 1. The molecule has 0 bridgehead atoms. The van der Waals surface area contributed by atoms with E-state index in [1.807, 2.05) is 24.3 Å². The number of amides is 1. The van der Waals surface area contributed by atoms with Crippen molar-refractivity contribution in [1.82, 2.24) is 4.98 Å². The Morgan fingerprint density at radius 3 is 2.61 bits per heavy atom. The zero-order chi connectivity index (χ0) is 15.8. The molecule has 2 aromatic carbocycles. The Balaban J connectivity index is 1.63. The van der Waals surface area contributed by atoms with Crippen LogP contribution in [0.3, 0.4) is 0 Å². The molecule has 1 amide bonds. The lowest BCUT2D eigenvalue weighted by Crippen LogP contribution is -2.17. The van der Waals surface area contributed by atoms with E-state index in [-0.39, 0.29) is 5.91 Å². The normalized spacial score (nSPS) is 13.1. The number of hydrogen-bond donors (Lipinski definition) is 2. The van der Waals surface area contributed by atoms with E-state index in [1.54, 1.807) is 18.2 Å². The van der Waals surface area contributed by atoms with E-state index >= 15 is 0 Å². The van der Waals surface area contributed by atoms with Gasteiger partial charge in [-0.1, -0.05) is 29.8 Å². The van der Waals surface area contributed by atoms with E-state index < -0.39 is 0 Å². The van der Waals surface area contributed by atoms with Crippen LogP contribution in [0.15, 0.2) is 42.5 Å². The van der Waals surface area contributed by atoms with Gasteiger partial charge in [0.05, 0.1) is 10.7 Å². The molecule has 116 valence electrons. The van der Waals surface area contributed by atoms with E-state index in [0.29, 0.717) is 41.1 Å². The lowest BCUT2D eigenvalue weighted by molar-refractivity contribution is 0.102. The minimum absolute atomic E-state index is 0.264. The second-order valence-electron chi connectivity index (χ2n) is 5.20. The van der Waals surface area contributed by atoms with Crippen LogP contribution in [0.2, 0.25) is 5.02 Å². The van der Waals surface area contributed by atoms with Gasteiger partial charge in [0.15, 0.2) is 11.5 Å². The van der Waals surface area contributed by atoms with Gasteiger partial charge < -0.3 is 19.8 Å². The van der Waals surface area contributed by atoms with Gasteiger partial charge >= 0.3 is 0 Å². The highest BCUT2D eigenvalue weighted by Crippen LogP contribution is 2.38. The summed E-state index contributed by atoms with van der Waals surface area (Å²) >= 11 is 6.21. The van der Waals surface area contributed by atoms with Crippen molar-refractivity contribution in [2.45, 2.75) is 0 Å². The molecule has 1 aliphatic rings. The fraction of sp³-hybridized carbons (Fsp3) is 0.118. The van der Waals surface area contributed by atoms with Gasteiger partial charge in [-0.2, -0.15) is 0 Å². The van der Waals surface area contributed by atoms with E-state index in [2.05, 4.69) is 10.3 Å². The van der Waals surface area contributed by atoms with Crippen molar-refractivity contribution in [1.29, 1.82) is 0 Å². The molecule has 2 heterocycles. The highest BCUT2D eigenvalue weighted by molar-refractivity contribution is 6.34. The van der Waals surface area contributed by atoms with Crippen molar-refractivity contribution in [2.75, 3.05) is 18.5 Å². The summed E-state index contributed by atoms with van der Waals surface area (Å²) in [6.45, 7) is 0.966. The van der Waals surface area contributed by atoms with Crippen molar-refractivity contribution < 1.29 is 14.3 Å². The largest absolute Gasteiger partial charge is 0.486 e. The van der Waals surface area contributed by atoms with Crippen molar-refractivity contribution >= 4 is 34.1 Å². The second kappa shape index (κ2) is 5.52. The predicted octanol–water partition coefficient (Wildman–Crippen LogP) is 3.84. The quantitative estimate of drug-likeness (QED) is 0.751. The first-order valence-electron chi connectivity index (χ1n) is 7.19. The standard InChI is InChI=1S/C17H13ClN2O3/c18-11-8-15-16(23-6-5-22-15)9-13(11)20-17(21)14-7-10-3-1-2-4-12(10)19-14/h1-4,7-9,19H,5-6H2,(H,20,21). The molecule has 23 heavy (non-hydrogen) atoms. The summed E-state index contributed by atoms with van der Waals surface area (Å²) in [7, 11) is 0. The van der Waals surface area contributed by atoms with Crippen molar-refractivity contribution in [2.24, 2.45) is 0 Å². The molecular weight excluding hydrogens is 316 g/mol. The second-order valence-corrected chi connectivity index (χ2v) is 5.61. The van der Waals surface area contributed by atoms with Crippen LogP contribution < -0.4 is 14.8 Å². The van der Waals surface area contributed by atoms with Crippen LogP contribution in [0, 0.1) is 0 Å². The highest BCUT2D eigenvalue weighted by Gasteiger charge is 2.17. The Morgan fingerprint density at radius 1 is 1.09 bits per heavy atom. The SMILES string of the molecule is O=C(Nc1cc2c(cc1Cl)OCCO2)c1cc2ccccc2[nH]1. The summed E-state index contributed by atoms with van der Waals surface area (Å²) in [4.78, 5) is 15.5. The minimum atomic E-state index is -0.264. The van der Waals surface area contributed by atoms with Crippen LogP contribution >= 0.6 is 11.6 Å². The minimum Gasteiger partial charge on any atom is -0.486 e. The first kappa shape index (κ1) is 14.0. The summed E-state index contributed by atoms with van der Waals surface area (Å²) in [5.41, 5.74) is 1.86. The monoisotopic (exact) mass is 328 g/mol. The molecule has 1 aliphatic heterocycles. The first-order valence-corrected chi connectivity index (χ1v) is 7.57. The Bertz CT molecular complexity index is 871. The predicted molar refractivity (Wildman–Crippen MR) is 88.7 cm³/mol. The van der Waals surface area contributed by atoms with Crippen LogP contribution in [0.4, 0.5) is 5.69 Å². The van der Waals surface area contributed by atoms with Gasteiger partial charge in [0.1, 0.15) is 18.9 Å². The lowest BCUT2D eigenvalue weighted by atomic mass is 10.2. The molecule has 0 radical (unpaired) electrons. The third-order valence-corrected chi connectivity index (χ3v) is 3.97. The molecule has 0 atom stereocenters. The van der Waals surface area contributed by atoms with Gasteiger partial charge in [0.2, 0.25) is 0 Å². The number of rotatable bonds is 2. The number of aromatic amines is 1. The third-order valence-electron chi connectivity index (χ3n) is 3.65. The Morgan fingerprint density at radius 2 is 1.83 bits per heavy atom. The number of benzene rings is 2. The van der Waals surface area contributed by atoms with Crippen molar-refractivity contribution in [3.8, 4) is 11.5 Å². The molecule has 1 aromatic heterocycles. The van der Waals surface area contributed by atoms with Gasteiger partial charge in [-0.3, -0.25) is 4.79 Å². The summed E-state index contributed by atoms with van der Waals surface area (Å²) in [5, 5.41) is 4.18. The molecule has 4 rings (SSSR count). The fourth-order valence-corrected chi connectivity index (χ4v) is 2.75. The molecule has 0 saturated heterocycles. The van der Waals surface area contributed by atoms with E-state index in [9.17, 15) is 4.79 Å². The van der Waals surface area contributed by atoms with E-state index in [4.69, 9.17) is 21.1 Å². The van der Waals surface area contributed by atoms with Crippen molar-refractivity contribution in [3.63, 3.8) is 0 Å². The van der Waals surface area contributed by atoms with Crippen LogP contribution in [0.25, 0.3) is 10.9 Å². The maximum atomic E-state index is 12.4. The highest BCUT2D eigenvalue weighted by atomic mass is 35.5. The molecule has 0 aliphatic carbocycles. The molecule has 0 unspecified atom stereocenters. The van der Waals surface area contributed by atoms with Crippen molar-refractivity contribution in [3.05, 3.63) is 53.2 Å². The first-order chi connectivity index (χ1) is 11.2. The number of hydrogen-bond acceptors (Lipinski definition) is 3. The van der Waals surface area contributed by atoms with Crippen LogP contribution in [0.1, 0.15) is 10.5 Å². The molecule has 0 fully saturated rings. The van der Waals surface area contributed by atoms with E-state index in [0.717, 1.165) is 10.9 Å². The Kier molecular flexibility index (Phi) is 3.35. The summed E-state index contributed by atoms with van der Waals surface area (Å²) in [6.07, 6.45) is 0. The average Bonchev–Trinajstić information content (AvgIpc) is 3.00. The maximum Gasteiger partial charge on any atom is 0.272 e. The Hall–Kier alpha value is -2.66. The fourth-order valence-electron chi connectivity index (χ4n) is 2.55. The average molecular weight is 329 g/mol. The number of nitrogens with one attached hydrogen (secondary N) is 2. The molecule has 0 spiro atoms. The van der Waals surface area contributed by atoms with Crippen LogP contribution in [-0.2, 0) is 0 Å². The molecule has 6 heteroatoms. The van der Waals surface area contributed by atoms with Gasteiger partial charge in [-0.05, 0) is 12.1 Å². The number of para-hydroxylation sites is 1. The summed E-state index contributed by atoms with van der Waals surface area (Å²) in [5.74, 6) is 0.900. The smallest absolute Gasteiger partial charge is 0.272 e. The van der Waals surface area contributed by atoms with Gasteiger partial charge in [-0.25, -0.2) is 0 Å². The number of fused-ring (bicyclic) bond motifs is 2. The number of anilines is 1. The summed E-state index contributed by atoms with van der Waals surface area (Å²) < 4.78 is 11.0. The number of ether oxygens (including phenoxy) is 2. The number of aromatic nitrogens is 1. The molecule has 2 N–H and O–H groups in total. The van der Waals surface area contributed by atoms with Gasteiger partial charge in [-0.15, -0.1) is 0 Å². The zero-order valence-electron chi connectivity index (χ0n) is 12.1. The molecule has 0 saturated carbocycles. The van der Waals surface area contributed by atoms with Gasteiger partial charge in [0, 0.05) is 23.0 Å². The molecular formula is C17H13ClN2O3. The number of halogens is 1. The van der Waals surface area contributed by atoms with Crippen LogP contribution in [-0.4, -0.2) is 24.1 Å². The zero-order valence-corrected chi connectivity index (χ0v) is 12.8. The van der Waals surface area contributed by atoms with Gasteiger partial charge in [0.25, 0.3) is 5.91 Å². The summed E-state index contributed by atoms with van der Waals surface area (Å²) in [6, 6.07) is 12.8. The van der Waals surface area contributed by atoms with Crippen LogP contribution in [0.5, 0.6) is 11.5 Å². The lowest BCUT2D eigenvalue weighted by Gasteiger charge is -2.19. The third kappa shape index (κ3) is 2.59. The Labute approximate surface area is 137 Å². The molecule has 3 aromatic rings. The molecule has 5 nitrogen and oxygen atoms in total. The van der Waals surface area contributed by atoms with E-state index in [1.165, 1.54) is 0 Å². The maximum absolute atomic E-state index is 12.4. The number of H-pyrrole nitrogens is 1. The topological polar surface area (TPSA) is 63.4 Å². The number of carbonyl (C=O) groups is 1.